The Morgan fingerprint density at radius 1 is 1.32 bits per heavy atom. The zero-order chi connectivity index (χ0) is 19.6. The standard InChI is InChI=1S/C17H21F3N4O3.ClH/c1-9(17(2)3-5-21-6-4-17)22-12-8-10(14-23-24-16(25)27-14)7-11(18)13(12)26-15(19)20;/h7-9,15,21-22H,3-6H2,1-2H3,(H,24,25);1H/t9-;/m0./s1. The average molecular weight is 423 g/mol. The number of ether oxygens (including phenoxy) is 1. The largest absolute Gasteiger partial charge is 0.434 e. The van der Waals surface area contributed by atoms with Crippen molar-refractivity contribution in [2.75, 3.05) is 18.4 Å². The highest BCUT2D eigenvalue weighted by atomic mass is 35.5. The van der Waals surface area contributed by atoms with Gasteiger partial charge in [0.15, 0.2) is 11.6 Å². The van der Waals surface area contributed by atoms with Gasteiger partial charge in [-0.25, -0.2) is 14.3 Å². The predicted octanol–water partition coefficient (Wildman–Crippen LogP) is 3.38. The van der Waals surface area contributed by atoms with Gasteiger partial charge in [0, 0.05) is 11.6 Å². The van der Waals surface area contributed by atoms with Crippen molar-refractivity contribution >= 4 is 18.1 Å². The number of aromatic nitrogens is 2. The zero-order valence-corrected chi connectivity index (χ0v) is 16.2. The Labute approximate surface area is 165 Å². The fourth-order valence-electron chi connectivity index (χ4n) is 3.22. The molecular weight excluding hydrogens is 401 g/mol. The van der Waals surface area contributed by atoms with Crippen molar-refractivity contribution in [2.45, 2.75) is 39.3 Å². The first kappa shape index (κ1) is 22.1. The Kier molecular flexibility index (Phi) is 7.00. The normalized spacial score (nSPS) is 17.1. The van der Waals surface area contributed by atoms with Crippen molar-refractivity contribution in [2.24, 2.45) is 5.41 Å². The van der Waals surface area contributed by atoms with Crippen molar-refractivity contribution in [3.63, 3.8) is 0 Å². The Morgan fingerprint density at radius 2 is 2.00 bits per heavy atom. The van der Waals surface area contributed by atoms with Crippen molar-refractivity contribution in [3.8, 4) is 17.2 Å². The lowest BCUT2D eigenvalue weighted by Gasteiger charge is -2.40. The summed E-state index contributed by atoms with van der Waals surface area (Å²) in [6, 6.07) is 2.15. The second-order valence-electron chi connectivity index (χ2n) is 6.90. The lowest BCUT2D eigenvalue weighted by Crippen LogP contribution is -2.44. The maximum Gasteiger partial charge on any atom is 0.434 e. The van der Waals surface area contributed by atoms with Crippen LogP contribution in [0.2, 0.25) is 0 Å². The topological polar surface area (TPSA) is 92.2 Å². The molecule has 2 aromatic rings. The predicted molar refractivity (Wildman–Crippen MR) is 99.7 cm³/mol. The minimum atomic E-state index is -3.18. The van der Waals surface area contributed by atoms with Crippen molar-refractivity contribution < 1.29 is 22.3 Å². The number of hydrogen-bond acceptors (Lipinski definition) is 6. The van der Waals surface area contributed by atoms with E-state index in [0.717, 1.165) is 32.0 Å². The molecule has 1 aromatic heterocycles. The summed E-state index contributed by atoms with van der Waals surface area (Å²) in [7, 11) is 0. The van der Waals surface area contributed by atoms with Gasteiger partial charge in [0.05, 0.1) is 5.69 Å². The molecule has 0 spiro atoms. The fourth-order valence-corrected chi connectivity index (χ4v) is 3.22. The van der Waals surface area contributed by atoms with Gasteiger partial charge < -0.3 is 19.8 Å². The number of nitrogens with one attached hydrogen (secondary N) is 3. The molecule has 1 atom stereocenters. The Morgan fingerprint density at radius 3 is 2.57 bits per heavy atom. The Bertz CT molecular complexity index is 852. The van der Waals surface area contributed by atoms with Gasteiger partial charge in [-0.05, 0) is 50.4 Å². The molecule has 0 aliphatic carbocycles. The number of benzene rings is 1. The first-order chi connectivity index (χ1) is 12.8. The van der Waals surface area contributed by atoms with Crippen LogP contribution in [0.4, 0.5) is 18.9 Å². The van der Waals surface area contributed by atoms with Crippen molar-refractivity contribution in [3.05, 3.63) is 28.5 Å². The second kappa shape index (κ2) is 8.87. The smallest absolute Gasteiger partial charge is 0.429 e. The molecule has 1 aliphatic rings. The molecular formula is C17H22ClF3N4O3. The van der Waals surface area contributed by atoms with Crippen LogP contribution < -0.4 is 21.1 Å². The monoisotopic (exact) mass is 422 g/mol. The molecule has 2 heterocycles. The minimum Gasteiger partial charge on any atom is -0.429 e. The molecule has 3 N–H and O–H groups in total. The van der Waals surface area contributed by atoms with E-state index < -0.39 is 23.9 Å². The summed E-state index contributed by atoms with van der Waals surface area (Å²) in [6.07, 6.45) is 1.76. The number of H-pyrrole nitrogens is 1. The molecule has 11 heteroatoms. The third-order valence-electron chi connectivity index (χ3n) is 5.10. The van der Waals surface area contributed by atoms with Crippen LogP contribution in [0.15, 0.2) is 21.3 Å². The summed E-state index contributed by atoms with van der Waals surface area (Å²) in [6.45, 7) is 2.51. The van der Waals surface area contributed by atoms with Crippen molar-refractivity contribution in [1.29, 1.82) is 0 Å². The number of rotatable bonds is 6. The van der Waals surface area contributed by atoms with E-state index >= 15 is 0 Å². The summed E-state index contributed by atoms with van der Waals surface area (Å²) >= 11 is 0. The molecule has 1 saturated heterocycles. The van der Waals surface area contributed by atoms with Gasteiger partial charge in [-0.1, -0.05) is 6.92 Å². The van der Waals surface area contributed by atoms with Gasteiger partial charge in [0.25, 0.3) is 0 Å². The van der Waals surface area contributed by atoms with Gasteiger partial charge in [0.2, 0.25) is 5.89 Å². The van der Waals surface area contributed by atoms with E-state index in [1.54, 1.807) is 0 Å². The molecule has 0 bridgehead atoms. The van der Waals surface area contributed by atoms with Crippen LogP contribution in [-0.2, 0) is 0 Å². The number of halogens is 4. The van der Waals surface area contributed by atoms with Crippen LogP contribution in [0.25, 0.3) is 11.5 Å². The van der Waals surface area contributed by atoms with E-state index in [1.807, 2.05) is 6.92 Å². The van der Waals surface area contributed by atoms with E-state index in [-0.39, 0.29) is 41.0 Å². The van der Waals surface area contributed by atoms with Crippen LogP contribution in [0.5, 0.6) is 5.75 Å². The summed E-state index contributed by atoms with van der Waals surface area (Å²) in [4.78, 5) is 11.1. The number of alkyl halides is 2. The van der Waals surface area contributed by atoms with Crippen LogP contribution >= 0.6 is 12.4 Å². The van der Waals surface area contributed by atoms with Crippen LogP contribution in [0.3, 0.4) is 0 Å². The molecule has 156 valence electrons. The number of hydrogen-bond donors (Lipinski definition) is 3. The number of piperidine rings is 1. The molecule has 0 amide bonds. The Hall–Kier alpha value is -2.20. The fraction of sp³-hybridized carbons (Fsp3) is 0.529. The van der Waals surface area contributed by atoms with Crippen LogP contribution in [-0.4, -0.2) is 35.9 Å². The third-order valence-corrected chi connectivity index (χ3v) is 5.10. The Balaban J connectivity index is 0.00000280. The van der Waals surface area contributed by atoms with Crippen LogP contribution in [0.1, 0.15) is 26.7 Å². The first-order valence-corrected chi connectivity index (χ1v) is 8.60. The van der Waals surface area contributed by atoms with Crippen LogP contribution in [0, 0.1) is 11.2 Å². The number of anilines is 1. The molecule has 1 fully saturated rings. The molecule has 28 heavy (non-hydrogen) atoms. The first-order valence-electron chi connectivity index (χ1n) is 8.60. The zero-order valence-electron chi connectivity index (χ0n) is 15.4. The van der Waals surface area contributed by atoms with E-state index in [4.69, 9.17) is 4.42 Å². The van der Waals surface area contributed by atoms with Gasteiger partial charge >= 0.3 is 12.4 Å². The maximum absolute atomic E-state index is 14.5. The minimum absolute atomic E-state index is 0. The van der Waals surface area contributed by atoms with E-state index in [0.29, 0.717) is 0 Å². The van der Waals surface area contributed by atoms with E-state index in [2.05, 4.69) is 32.5 Å². The average Bonchev–Trinajstić information content (AvgIpc) is 3.04. The second-order valence-corrected chi connectivity index (χ2v) is 6.90. The molecule has 1 aliphatic heterocycles. The lowest BCUT2D eigenvalue weighted by atomic mass is 9.75. The quantitative estimate of drug-likeness (QED) is 0.661. The van der Waals surface area contributed by atoms with Gasteiger partial charge in [0.1, 0.15) is 0 Å². The number of nitrogens with zero attached hydrogens (tertiary/aromatic N) is 1. The molecule has 0 radical (unpaired) electrons. The number of aromatic amines is 1. The van der Waals surface area contributed by atoms with Gasteiger partial charge in [-0.15, -0.1) is 17.5 Å². The molecule has 0 saturated carbocycles. The summed E-state index contributed by atoms with van der Waals surface area (Å²) in [5.41, 5.74) is 0.0551. The molecule has 1 aromatic carbocycles. The highest BCUT2D eigenvalue weighted by Gasteiger charge is 2.33. The van der Waals surface area contributed by atoms with Crippen molar-refractivity contribution in [1.82, 2.24) is 15.5 Å². The van der Waals surface area contributed by atoms with Gasteiger partial charge in [-0.2, -0.15) is 8.78 Å². The highest BCUT2D eigenvalue weighted by molar-refractivity contribution is 5.85. The summed E-state index contributed by atoms with van der Waals surface area (Å²) in [5.74, 6) is -2.55. The molecule has 0 unspecified atom stereocenters. The summed E-state index contributed by atoms with van der Waals surface area (Å²) in [5, 5.41) is 12.1. The molecule has 7 nitrogen and oxygen atoms in total. The van der Waals surface area contributed by atoms with E-state index in [9.17, 15) is 18.0 Å². The summed E-state index contributed by atoms with van der Waals surface area (Å²) < 4.78 is 49.2. The van der Waals surface area contributed by atoms with Gasteiger partial charge in [-0.3, -0.25) is 0 Å². The highest BCUT2D eigenvalue weighted by Crippen LogP contribution is 2.38. The molecule has 3 rings (SSSR count). The third kappa shape index (κ3) is 4.79. The maximum atomic E-state index is 14.5. The van der Waals surface area contributed by atoms with E-state index in [1.165, 1.54) is 6.07 Å². The SMILES string of the molecule is C[C@H](Nc1cc(-c2n[nH]c(=O)o2)cc(F)c1OC(F)F)C1(C)CCNCC1.Cl. The lowest BCUT2D eigenvalue weighted by molar-refractivity contribution is -0.0517.